The van der Waals surface area contributed by atoms with Crippen LogP contribution in [0.25, 0.3) is 32.4 Å². The highest BCUT2D eigenvalue weighted by Gasteiger charge is 2.54. The maximum atomic E-state index is 12.1. The van der Waals surface area contributed by atoms with E-state index in [-0.39, 0.29) is 6.04 Å². The molecule has 3 aliphatic rings. The van der Waals surface area contributed by atoms with Gasteiger partial charge in [-0.2, -0.15) is 0 Å². The molecule has 3 saturated heterocycles. The molecule has 4 heterocycles. The van der Waals surface area contributed by atoms with Gasteiger partial charge in [-0.05, 0) is 51.2 Å². The fourth-order valence-corrected chi connectivity index (χ4v) is 7.56. The third kappa shape index (κ3) is 3.60. The quantitative estimate of drug-likeness (QED) is 0.162. The molecule has 3 aliphatic heterocycles. The highest BCUT2D eigenvalue weighted by Crippen LogP contribution is 2.49. The Morgan fingerprint density at radius 1 is 0.919 bits per heavy atom. The topological polar surface area (TPSA) is 33.1 Å². The maximum absolute atomic E-state index is 12.1. The predicted molar refractivity (Wildman–Crippen MR) is 152 cm³/mol. The number of hydrogen-bond acceptors (Lipinski definition) is 2. The average Bonchev–Trinajstić information content (AvgIpc) is 2.96. The van der Waals surface area contributed by atoms with Crippen molar-refractivity contribution >= 4 is 32.4 Å². The summed E-state index contributed by atoms with van der Waals surface area (Å²) >= 11 is 0. The molecule has 5 atom stereocenters. The Morgan fingerprint density at radius 3 is 2.32 bits per heavy atom. The van der Waals surface area contributed by atoms with E-state index in [1.807, 2.05) is 30.5 Å². The first-order valence-electron chi connectivity index (χ1n) is 13.6. The normalized spacial score (nSPS) is 26.0. The molecular weight excluding hydrogens is 452 g/mol. The van der Waals surface area contributed by atoms with Gasteiger partial charge in [0.2, 0.25) is 0 Å². The third-order valence-corrected chi connectivity index (χ3v) is 9.40. The van der Waals surface area contributed by atoms with E-state index in [1.165, 1.54) is 33.5 Å². The molecule has 3 nitrogen and oxygen atoms in total. The smallest absolute Gasteiger partial charge is 0.131 e. The summed E-state index contributed by atoms with van der Waals surface area (Å²) < 4.78 is 0.906. The fourth-order valence-electron chi connectivity index (χ4n) is 7.56. The van der Waals surface area contributed by atoms with Gasteiger partial charge in [0.25, 0.3) is 0 Å². The van der Waals surface area contributed by atoms with E-state index in [9.17, 15) is 5.11 Å². The molecule has 8 rings (SSSR count). The summed E-state index contributed by atoms with van der Waals surface area (Å²) in [4.78, 5) is 4.57. The van der Waals surface area contributed by atoms with Crippen molar-refractivity contribution in [1.29, 1.82) is 0 Å². The van der Waals surface area contributed by atoms with Crippen molar-refractivity contribution in [3.05, 3.63) is 115 Å². The summed E-state index contributed by atoms with van der Waals surface area (Å²) in [6, 6.07) is 30.3. The first-order chi connectivity index (χ1) is 18.2. The number of rotatable bonds is 5. The van der Waals surface area contributed by atoms with E-state index >= 15 is 0 Å². The minimum absolute atomic E-state index is 0.137. The lowest BCUT2D eigenvalue weighted by Crippen LogP contribution is -2.67. The largest absolute Gasteiger partial charge is 0.382 e. The SMILES string of the molecule is C=C[C@H]1C[N+]2(Cc3c4ccccc4cc4ccccc34)CC[C@H]1C[C@H]2[C@H](O)c1ccnc2ccccc12. The second kappa shape index (κ2) is 8.79. The molecule has 184 valence electrons. The highest BCUT2D eigenvalue weighted by molar-refractivity contribution is 6.02. The Labute approximate surface area is 218 Å². The van der Waals surface area contributed by atoms with Gasteiger partial charge in [-0.25, -0.2) is 0 Å². The number of aliphatic hydroxyl groups excluding tert-OH is 1. The van der Waals surface area contributed by atoms with Gasteiger partial charge in [0.05, 0.1) is 18.6 Å². The van der Waals surface area contributed by atoms with Gasteiger partial charge in [0, 0.05) is 35.9 Å². The molecule has 1 unspecified atom stereocenters. The van der Waals surface area contributed by atoms with E-state index in [0.717, 1.165) is 47.0 Å². The Hall–Kier alpha value is -3.53. The molecule has 3 fully saturated rings. The third-order valence-electron chi connectivity index (χ3n) is 9.40. The average molecular weight is 486 g/mol. The zero-order valence-electron chi connectivity index (χ0n) is 21.1. The van der Waals surface area contributed by atoms with Gasteiger partial charge in [-0.3, -0.25) is 4.98 Å². The molecule has 0 saturated carbocycles. The van der Waals surface area contributed by atoms with Crippen molar-refractivity contribution in [2.75, 3.05) is 13.1 Å². The monoisotopic (exact) mass is 485 g/mol. The lowest BCUT2D eigenvalue weighted by atomic mass is 9.71. The van der Waals surface area contributed by atoms with Crippen molar-refractivity contribution in [1.82, 2.24) is 4.98 Å². The van der Waals surface area contributed by atoms with E-state index in [0.29, 0.717) is 11.8 Å². The van der Waals surface area contributed by atoms with Crippen molar-refractivity contribution in [3.8, 4) is 0 Å². The van der Waals surface area contributed by atoms with Crippen LogP contribution in [0.3, 0.4) is 0 Å². The van der Waals surface area contributed by atoms with Gasteiger partial charge in [-0.15, -0.1) is 6.58 Å². The number of pyridine rings is 1. The minimum Gasteiger partial charge on any atom is -0.382 e. The summed E-state index contributed by atoms with van der Waals surface area (Å²) in [5.74, 6) is 1.09. The predicted octanol–water partition coefficient (Wildman–Crippen LogP) is 7.19. The highest BCUT2D eigenvalue weighted by atomic mass is 16.3. The molecule has 37 heavy (non-hydrogen) atoms. The van der Waals surface area contributed by atoms with E-state index in [2.05, 4.69) is 78.3 Å². The molecule has 0 amide bonds. The molecule has 4 aromatic carbocycles. The molecule has 5 aromatic rings. The van der Waals surface area contributed by atoms with Crippen LogP contribution >= 0.6 is 0 Å². The van der Waals surface area contributed by atoms with Crippen molar-refractivity contribution in [2.24, 2.45) is 11.8 Å². The van der Waals surface area contributed by atoms with Crippen molar-refractivity contribution in [2.45, 2.75) is 31.5 Å². The van der Waals surface area contributed by atoms with Crippen LogP contribution in [0.4, 0.5) is 0 Å². The number of hydrogen-bond donors (Lipinski definition) is 1. The van der Waals surface area contributed by atoms with Crippen LogP contribution in [0.5, 0.6) is 0 Å². The van der Waals surface area contributed by atoms with Crippen LogP contribution in [0.2, 0.25) is 0 Å². The number of fused-ring (bicyclic) bond motifs is 6. The Morgan fingerprint density at radius 2 is 1.59 bits per heavy atom. The first-order valence-corrected chi connectivity index (χ1v) is 13.6. The van der Waals surface area contributed by atoms with Crippen LogP contribution in [0, 0.1) is 11.8 Å². The first kappa shape index (κ1) is 22.7. The zero-order valence-corrected chi connectivity index (χ0v) is 21.1. The van der Waals surface area contributed by atoms with Crippen LogP contribution in [0.1, 0.15) is 30.1 Å². The fraction of sp³-hybridized carbons (Fsp3) is 0.265. The zero-order chi connectivity index (χ0) is 25.0. The Balaban J connectivity index is 1.39. The molecule has 3 heteroatoms. The van der Waals surface area contributed by atoms with Crippen LogP contribution in [-0.2, 0) is 6.54 Å². The summed E-state index contributed by atoms with van der Waals surface area (Å²) in [5.41, 5.74) is 3.37. The molecule has 1 N–H and O–H groups in total. The number of nitrogens with zero attached hydrogens (tertiary/aromatic N) is 2. The van der Waals surface area contributed by atoms with E-state index < -0.39 is 6.10 Å². The van der Waals surface area contributed by atoms with E-state index in [1.54, 1.807) is 0 Å². The summed E-state index contributed by atoms with van der Waals surface area (Å²) in [6.07, 6.45) is 5.72. The molecule has 1 aromatic heterocycles. The second-order valence-corrected chi connectivity index (χ2v) is 11.2. The molecule has 0 radical (unpaired) electrons. The number of benzene rings is 4. The molecular formula is C34H33N2O+. The van der Waals surface area contributed by atoms with Crippen molar-refractivity contribution in [3.63, 3.8) is 0 Å². The van der Waals surface area contributed by atoms with Gasteiger partial charge in [0.15, 0.2) is 0 Å². The van der Waals surface area contributed by atoms with Crippen LogP contribution in [0.15, 0.2) is 104 Å². The number of quaternary nitrogens is 1. The van der Waals surface area contributed by atoms with E-state index in [4.69, 9.17) is 0 Å². The molecule has 0 aliphatic carbocycles. The summed E-state index contributed by atoms with van der Waals surface area (Å²) in [6.45, 7) is 7.28. The molecule has 0 spiro atoms. The Bertz CT molecular complexity index is 1580. The van der Waals surface area contributed by atoms with Gasteiger partial charge < -0.3 is 9.59 Å². The lowest BCUT2D eigenvalue weighted by molar-refractivity contribution is -0.984. The number of aliphatic hydroxyl groups is 1. The number of aromatic nitrogens is 1. The molecule has 2 bridgehead atoms. The van der Waals surface area contributed by atoms with Gasteiger partial charge in [-0.1, -0.05) is 72.8 Å². The minimum atomic E-state index is -0.539. The van der Waals surface area contributed by atoms with Crippen LogP contribution < -0.4 is 0 Å². The lowest BCUT2D eigenvalue weighted by Gasteiger charge is -2.58. The van der Waals surface area contributed by atoms with Crippen molar-refractivity contribution < 1.29 is 9.59 Å². The summed E-state index contributed by atoms with van der Waals surface area (Å²) in [7, 11) is 0. The number of piperidine rings is 3. The second-order valence-electron chi connectivity index (χ2n) is 11.2. The van der Waals surface area contributed by atoms with Gasteiger partial charge >= 0.3 is 0 Å². The van der Waals surface area contributed by atoms with Gasteiger partial charge in [0.1, 0.15) is 18.7 Å². The standard InChI is InChI=1S/C34H33N2O/c1-2-23-21-36(22-31-27-11-5-3-9-25(27)19-26-10-4-6-12-28(26)31)18-16-24(23)20-33(36)34(37)30-15-17-35-32-14-8-7-13-29(30)32/h2-15,17,19,23-24,33-34,37H,1,16,18,20-22H2/q+1/t23-,24-,33-,34+,36?/m0/s1. The maximum Gasteiger partial charge on any atom is 0.131 e. The summed E-state index contributed by atoms with van der Waals surface area (Å²) in [5, 5.41) is 18.4. The van der Waals surface area contributed by atoms with Crippen LogP contribution in [-0.4, -0.2) is 33.7 Å². The Kier molecular flexibility index (Phi) is 5.38. The number of para-hydroxylation sites is 1.